The lowest BCUT2D eigenvalue weighted by atomic mass is 9.69. The number of rotatable bonds is 5. The Morgan fingerprint density at radius 2 is 1.47 bits per heavy atom. The monoisotopic (exact) mass is 599 g/mol. The predicted molar refractivity (Wildman–Crippen MR) is 167 cm³/mol. The third kappa shape index (κ3) is 5.17. The fourth-order valence-corrected chi connectivity index (χ4v) is 9.80. The van der Waals surface area contributed by atoms with Crippen molar-refractivity contribution in [2.24, 2.45) is 0 Å². The van der Waals surface area contributed by atoms with Crippen LogP contribution in [0.15, 0.2) is 83.8 Å². The molecule has 4 heterocycles. The summed E-state index contributed by atoms with van der Waals surface area (Å²) in [5.41, 5.74) is 4.32. The van der Waals surface area contributed by atoms with Crippen molar-refractivity contribution in [3.8, 4) is 11.1 Å². The van der Waals surface area contributed by atoms with E-state index in [2.05, 4.69) is 23.1 Å². The van der Waals surface area contributed by atoms with E-state index in [1.165, 1.54) is 5.56 Å². The average Bonchev–Trinajstić information content (AvgIpc) is 3.31. The van der Waals surface area contributed by atoms with Gasteiger partial charge in [-0.05, 0) is 92.9 Å². The van der Waals surface area contributed by atoms with Crippen molar-refractivity contribution in [3.63, 3.8) is 0 Å². The maximum absolute atomic E-state index is 14.1. The zero-order chi connectivity index (χ0) is 29.6. The van der Waals surface area contributed by atoms with Crippen LogP contribution in [0.2, 0.25) is 0 Å². The molecule has 0 aliphatic carbocycles. The number of benzene rings is 3. The Kier molecular flexibility index (Phi) is 7.56. The minimum atomic E-state index is -3.67. The molecule has 3 fully saturated rings. The number of sulfonamides is 1. The molecular formula is C35H41N3O4S. The molecule has 2 atom stereocenters. The van der Waals surface area contributed by atoms with Gasteiger partial charge in [-0.25, -0.2) is 13.2 Å². The van der Waals surface area contributed by atoms with Gasteiger partial charge < -0.3 is 14.5 Å². The molecule has 1 amide bonds. The molecule has 7 nitrogen and oxygen atoms in total. The summed E-state index contributed by atoms with van der Waals surface area (Å²) in [5.74, 6) is 0. The van der Waals surface area contributed by atoms with Gasteiger partial charge in [0.05, 0.1) is 11.5 Å². The van der Waals surface area contributed by atoms with E-state index in [1.54, 1.807) is 16.4 Å². The molecule has 0 saturated carbocycles. The van der Waals surface area contributed by atoms with Crippen molar-refractivity contribution < 1.29 is 17.9 Å². The highest BCUT2D eigenvalue weighted by molar-refractivity contribution is 7.89. The molecule has 43 heavy (non-hydrogen) atoms. The molecule has 3 aromatic carbocycles. The van der Waals surface area contributed by atoms with Gasteiger partial charge in [0, 0.05) is 36.6 Å². The summed E-state index contributed by atoms with van der Waals surface area (Å²) in [7, 11) is -3.67. The van der Waals surface area contributed by atoms with E-state index in [1.807, 2.05) is 60.4 Å². The zero-order valence-corrected chi connectivity index (χ0v) is 25.7. The van der Waals surface area contributed by atoms with Crippen LogP contribution in [0.1, 0.15) is 56.6 Å². The number of hydrogen-bond donors (Lipinski definition) is 0. The topological polar surface area (TPSA) is 70.2 Å². The first-order valence-electron chi connectivity index (χ1n) is 15.8. The van der Waals surface area contributed by atoms with Gasteiger partial charge in [-0.2, -0.15) is 4.31 Å². The second-order valence-corrected chi connectivity index (χ2v) is 14.7. The van der Waals surface area contributed by atoms with Gasteiger partial charge in [-0.3, -0.25) is 0 Å². The lowest BCUT2D eigenvalue weighted by Gasteiger charge is -2.51. The summed E-state index contributed by atoms with van der Waals surface area (Å²) >= 11 is 0. The Labute approximate surface area is 255 Å². The van der Waals surface area contributed by atoms with E-state index in [-0.39, 0.29) is 23.6 Å². The fraction of sp³-hybridized carbons (Fsp3) is 0.457. The van der Waals surface area contributed by atoms with Gasteiger partial charge in [0.25, 0.3) is 0 Å². The first-order chi connectivity index (χ1) is 20.9. The molecule has 7 rings (SSSR count). The minimum Gasteiger partial charge on any atom is -0.450 e. The molecule has 4 aliphatic heterocycles. The van der Waals surface area contributed by atoms with E-state index in [4.69, 9.17) is 4.74 Å². The molecule has 0 N–H and O–H groups in total. The maximum Gasteiger partial charge on any atom is 0.410 e. The number of fused-ring (bicyclic) bond motifs is 4. The Balaban J connectivity index is 1.09. The van der Waals surface area contributed by atoms with Crippen molar-refractivity contribution in [1.82, 2.24) is 14.1 Å². The number of hydrogen-bond acceptors (Lipinski definition) is 5. The first kappa shape index (κ1) is 28.6. The van der Waals surface area contributed by atoms with Crippen LogP contribution in [0, 0.1) is 0 Å². The maximum atomic E-state index is 14.1. The van der Waals surface area contributed by atoms with Gasteiger partial charge >= 0.3 is 6.09 Å². The van der Waals surface area contributed by atoms with Crippen LogP contribution in [-0.4, -0.2) is 73.0 Å². The van der Waals surface area contributed by atoms with Gasteiger partial charge in [0.1, 0.15) is 0 Å². The largest absolute Gasteiger partial charge is 0.450 e. The summed E-state index contributed by atoms with van der Waals surface area (Å²) in [6, 6.07) is 26.8. The number of carbonyl (C=O) groups is 1. The van der Waals surface area contributed by atoms with E-state index in [9.17, 15) is 13.2 Å². The van der Waals surface area contributed by atoms with E-state index >= 15 is 0 Å². The van der Waals surface area contributed by atoms with Crippen molar-refractivity contribution in [2.45, 2.75) is 80.4 Å². The first-order valence-corrected chi connectivity index (χ1v) is 17.3. The smallest absolute Gasteiger partial charge is 0.410 e. The highest BCUT2D eigenvalue weighted by Crippen LogP contribution is 2.45. The minimum absolute atomic E-state index is 0.152. The quantitative estimate of drug-likeness (QED) is 0.358. The SMILES string of the molecule is CCOC(=O)N1C2CCC1CC(N1CCC3(CC1)CN(S(=O)(=O)c1ccc(-c4ccccc4)cc1)Cc1ccccc13)C2. The number of carbonyl (C=O) groups excluding carboxylic acids is 1. The molecule has 2 unspecified atom stereocenters. The second-order valence-electron chi connectivity index (χ2n) is 12.8. The van der Waals surface area contributed by atoms with Gasteiger partial charge in [0.15, 0.2) is 0 Å². The Morgan fingerprint density at radius 3 is 2.14 bits per heavy atom. The van der Waals surface area contributed by atoms with Crippen LogP contribution in [0.3, 0.4) is 0 Å². The molecule has 3 aromatic rings. The van der Waals surface area contributed by atoms with Crippen LogP contribution < -0.4 is 0 Å². The van der Waals surface area contributed by atoms with Gasteiger partial charge in [-0.15, -0.1) is 0 Å². The van der Waals surface area contributed by atoms with Crippen LogP contribution in [-0.2, 0) is 26.7 Å². The summed E-state index contributed by atoms with van der Waals surface area (Å²) in [6.07, 6.45) is 5.82. The summed E-state index contributed by atoms with van der Waals surface area (Å²) in [6.45, 7) is 5.08. The number of nitrogens with zero attached hydrogens (tertiary/aromatic N) is 3. The lowest BCUT2D eigenvalue weighted by Crippen LogP contribution is -2.57. The van der Waals surface area contributed by atoms with Crippen LogP contribution >= 0.6 is 0 Å². The van der Waals surface area contributed by atoms with Crippen molar-refractivity contribution >= 4 is 16.1 Å². The highest BCUT2D eigenvalue weighted by atomic mass is 32.2. The molecule has 0 radical (unpaired) electrons. The van der Waals surface area contributed by atoms with Crippen molar-refractivity contribution in [1.29, 1.82) is 0 Å². The van der Waals surface area contributed by atoms with E-state index < -0.39 is 10.0 Å². The molecule has 3 saturated heterocycles. The van der Waals surface area contributed by atoms with Gasteiger partial charge in [-0.1, -0.05) is 66.7 Å². The molecule has 0 aromatic heterocycles. The Morgan fingerprint density at radius 1 is 0.837 bits per heavy atom. The summed E-state index contributed by atoms with van der Waals surface area (Å²) in [4.78, 5) is 17.6. The van der Waals surface area contributed by atoms with Crippen LogP contribution in [0.5, 0.6) is 0 Å². The standard InChI is InChI=1S/C35H41N3O4S/c1-2-42-34(39)38-29-14-15-30(38)23-31(22-29)36-20-18-35(19-21-36)25-37(24-28-10-6-7-11-33(28)35)43(40,41)32-16-12-27(13-17-32)26-8-4-3-5-9-26/h3-13,16-17,29-31H,2,14-15,18-25H2,1H3. The van der Waals surface area contributed by atoms with Gasteiger partial charge in [0.2, 0.25) is 10.0 Å². The average molecular weight is 600 g/mol. The lowest BCUT2D eigenvalue weighted by molar-refractivity contribution is 0.0237. The molecule has 2 bridgehead atoms. The van der Waals surface area contributed by atoms with Crippen molar-refractivity contribution in [3.05, 3.63) is 90.0 Å². The number of likely N-dealkylation sites (tertiary alicyclic amines) is 1. The van der Waals surface area contributed by atoms with Crippen molar-refractivity contribution in [2.75, 3.05) is 26.2 Å². The fourth-order valence-electron chi connectivity index (χ4n) is 8.30. The number of piperidine rings is 2. The molecular weight excluding hydrogens is 558 g/mol. The molecule has 8 heteroatoms. The van der Waals surface area contributed by atoms with E-state index in [0.29, 0.717) is 30.6 Å². The predicted octanol–water partition coefficient (Wildman–Crippen LogP) is 6.04. The third-order valence-corrected chi connectivity index (χ3v) is 12.3. The Bertz CT molecular complexity index is 1550. The highest BCUT2D eigenvalue weighted by Gasteiger charge is 2.49. The van der Waals surface area contributed by atoms with E-state index in [0.717, 1.165) is 68.3 Å². The zero-order valence-electron chi connectivity index (χ0n) is 24.9. The Hall–Kier alpha value is -3.20. The second kappa shape index (κ2) is 11.4. The summed E-state index contributed by atoms with van der Waals surface area (Å²) in [5, 5.41) is 0. The van der Waals surface area contributed by atoms with Crippen LogP contribution in [0.25, 0.3) is 11.1 Å². The molecule has 226 valence electrons. The number of ether oxygens (including phenoxy) is 1. The van der Waals surface area contributed by atoms with Crippen LogP contribution in [0.4, 0.5) is 4.79 Å². The summed E-state index contributed by atoms with van der Waals surface area (Å²) < 4.78 is 35.2. The molecule has 1 spiro atoms. The third-order valence-electron chi connectivity index (χ3n) is 10.5. The normalized spacial score (nSPS) is 25.4. The molecule has 4 aliphatic rings. The number of amides is 1.